The molecule has 0 radical (unpaired) electrons. The molecule has 0 bridgehead atoms. The molecule has 6 heteroatoms. The van der Waals surface area contributed by atoms with Crippen LogP contribution in [-0.4, -0.2) is 11.7 Å². The fourth-order valence-corrected chi connectivity index (χ4v) is 1.22. The molecule has 15 heavy (non-hydrogen) atoms. The van der Waals surface area contributed by atoms with Gasteiger partial charge in [-0.3, -0.25) is 0 Å². The van der Waals surface area contributed by atoms with E-state index < -0.39 is 23.5 Å². The van der Waals surface area contributed by atoms with Crippen molar-refractivity contribution in [2.45, 2.75) is 12.2 Å². The van der Waals surface area contributed by atoms with Gasteiger partial charge in [0.25, 0.3) is 0 Å². The van der Waals surface area contributed by atoms with E-state index >= 15 is 0 Å². The van der Waals surface area contributed by atoms with E-state index in [1.165, 1.54) is 12.1 Å². The van der Waals surface area contributed by atoms with E-state index in [0.29, 0.717) is 0 Å². The fraction of sp³-hybridized carbons (Fsp3) is 0.333. The van der Waals surface area contributed by atoms with Gasteiger partial charge in [0, 0.05) is 18.2 Å². The van der Waals surface area contributed by atoms with E-state index in [9.17, 15) is 18.3 Å². The lowest BCUT2D eigenvalue weighted by Gasteiger charge is -2.15. The Morgan fingerprint density at radius 1 is 1.33 bits per heavy atom. The molecule has 0 saturated carbocycles. The number of para-hydroxylation sites is 1. The lowest BCUT2D eigenvalue weighted by Crippen LogP contribution is -2.21. The van der Waals surface area contributed by atoms with E-state index in [2.05, 4.69) is 0 Å². The number of alkyl halides is 3. The Kier molecular flexibility index (Phi) is 3.21. The van der Waals surface area contributed by atoms with Gasteiger partial charge in [-0.2, -0.15) is 13.2 Å². The molecule has 0 unspecified atom stereocenters. The first-order valence-electron chi connectivity index (χ1n) is 4.22. The number of rotatable bonds is 2. The molecule has 0 heterocycles. The zero-order valence-corrected chi connectivity index (χ0v) is 7.75. The van der Waals surface area contributed by atoms with Crippen molar-refractivity contribution in [1.29, 1.82) is 0 Å². The predicted molar refractivity (Wildman–Crippen MR) is 49.1 cm³/mol. The highest BCUT2D eigenvalue weighted by Crippen LogP contribution is 2.38. The molecule has 0 spiro atoms. The normalized spacial score (nSPS) is 13.9. The maximum atomic E-state index is 12.4. The van der Waals surface area contributed by atoms with E-state index in [4.69, 9.17) is 11.5 Å². The average molecular weight is 220 g/mol. The van der Waals surface area contributed by atoms with Crippen LogP contribution in [0.2, 0.25) is 0 Å². The molecule has 0 aromatic heterocycles. The fourth-order valence-electron chi connectivity index (χ4n) is 1.22. The average Bonchev–Trinajstić information content (AvgIpc) is 2.15. The Bertz CT molecular complexity index is 352. The Balaban J connectivity index is 3.23. The van der Waals surface area contributed by atoms with Crippen LogP contribution < -0.4 is 11.5 Å². The first-order valence-corrected chi connectivity index (χ1v) is 4.22. The number of benzene rings is 1. The summed E-state index contributed by atoms with van der Waals surface area (Å²) in [6, 6.07) is 2.50. The van der Waals surface area contributed by atoms with Crippen molar-refractivity contribution in [1.82, 2.24) is 0 Å². The van der Waals surface area contributed by atoms with Crippen molar-refractivity contribution >= 4 is 0 Å². The second kappa shape index (κ2) is 4.08. The number of nitrogens with two attached hydrogens (primary N) is 2. The molecule has 84 valence electrons. The molecule has 5 N–H and O–H groups in total. The zero-order chi connectivity index (χ0) is 11.6. The molecule has 0 saturated heterocycles. The van der Waals surface area contributed by atoms with Crippen LogP contribution in [0.5, 0.6) is 5.75 Å². The number of aromatic hydroxyl groups is 1. The first-order chi connectivity index (χ1) is 6.88. The summed E-state index contributed by atoms with van der Waals surface area (Å²) in [5.74, 6) is -0.844. The summed E-state index contributed by atoms with van der Waals surface area (Å²) in [6.45, 7) is -0.0329. The minimum atomic E-state index is -4.59. The molecular formula is C9H11F3N2O. The van der Waals surface area contributed by atoms with Crippen LogP contribution in [0.25, 0.3) is 0 Å². The molecule has 0 aliphatic carbocycles. The standard InChI is InChI=1S/C9H11F3N2O/c10-9(11,12)6-3-1-2-5(8(6)15)7(14)4-13/h1-3,7,15H,4,13-14H2/t7-/m1/s1. The van der Waals surface area contributed by atoms with E-state index in [1.54, 1.807) is 0 Å². The summed E-state index contributed by atoms with van der Waals surface area (Å²) in [6.07, 6.45) is -4.59. The Morgan fingerprint density at radius 2 is 1.93 bits per heavy atom. The predicted octanol–water partition coefficient (Wildman–Crippen LogP) is 1.37. The molecule has 0 amide bonds. The number of phenolic OH excluding ortho intramolecular Hbond substituents is 1. The summed E-state index contributed by atoms with van der Waals surface area (Å²) < 4.78 is 37.1. The number of hydrogen-bond donors (Lipinski definition) is 3. The van der Waals surface area contributed by atoms with Crippen LogP contribution in [0, 0.1) is 0 Å². The molecule has 1 aromatic rings. The van der Waals surface area contributed by atoms with Crippen LogP contribution in [0.3, 0.4) is 0 Å². The third-order valence-corrected chi connectivity index (χ3v) is 2.03. The van der Waals surface area contributed by atoms with Gasteiger partial charge in [0.2, 0.25) is 0 Å². The van der Waals surface area contributed by atoms with Gasteiger partial charge >= 0.3 is 6.18 Å². The monoisotopic (exact) mass is 220 g/mol. The molecule has 0 aliphatic rings. The zero-order valence-electron chi connectivity index (χ0n) is 7.75. The lowest BCUT2D eigenvalue weighted by molar-refractivity contribution is -0.138. The highest BCUT2D eigenvalue weighted by atomic mass is 19.4. The molecular weight excluding hydrogens is 209 g/mol. The minimum Gasteiger partial charge on any atom is -0.507 e. The van der Waals surface area contributed by atoms with Crippen molar-refractivity contribution < 1.29 is 18.3 Å². The Labute approximate surface area is 84.5 Å². The summed E-state index contributed by atoms with van der Waals surface area (Å²) in [5, 5.41) is 9.37. The summed E-state index contributed by atoms with van der Waals surface area (Å²) >= 11 is 0. The first kappa shape index (κ1) is 11.8. The highest BCUT2D eigenvalue weighted by Gasteiger charge is 2.34. The molecule has 0 fully saturated rings. The van der Waals surface area contributed by atoms with Gasteiger partial charge < -0.3 is 16.6 Å². The van der Waals surface area contributed by atoms with Gasteiger partial charge in [0.15, 0.2) is 0 Å². The highest BCUT2D eigenvalue weighted by molar-refractivity contribution is 5.43. The molecule has 1 atom stereocenters. The smallest absolute Gasteiger partial charge is 0.419 e. The van der Waals surface area contributed by atoms with Crippen molar-refractivity contribution in [2.75, 3.05) is 6.54 Å². The minimum absolute atomic E-state index is 0.00678. The molecule has 3 nitrogen and oxygen atoms in total. The topological polar surface area (TPSA) is 72.3 Å². The van der Waals surface area contributed by atoms with E-state index in [0.717, 1.165) is 6.07 Å². The van der Waals surface area contributed by atoms with E-state index in [1.807, 2.05) is 0 Å². The maximum absolute atomic E-state index is 12.4. The third kappa shape index (κ3) is 2.40. The number of hydrogen-bond acceptors (Lipinski definition) is 3. The molecule has 0 aliphatic heterocycles. The largest absolute Gasteiger partial charge is 0.507 e. The van der Waals surface area contributed by atoms with Crippen molar-refractivity contribution in [3.63, 3.8) is 0 Å². The quantitative estimate of drug-likeness (QED) is 0.704. The van der Waals surface area contributed by atoms with Gasteiger partial charge in [-0.05, 0) is 6.07 Å². The molecule has 1 rings (SSSR count). The van der Waals surface area contributed by atoms with Crippen LogP contribution in [-0.2, 0) is 6.18 Å². The van der Waals surface area contributed by atoms with Crippen molar-refractivity contribution in [2.24, 2.45) is 11.5 Å². The van der Waals surface area contributed by atoms with Gasteiger partial charge in [0.1, 0.15) is 5.75 Å². The van der Waals surface area contributed by atoms with Gasteiger partial charge in [0.05, 0.1) is 5.56 Å². The van der Waals surface area contributed by atoms with Crippen LogP contribution >= 0.6 is 0 Å². The Hall–Kier alpha value is -1.27. The van der Waals surface area contributed by atoms with Gasteiger partial charge in [-0.15, -0.1) is 0 Å². The van der Waals surface area contributed by atoms with Crippen LogP contribution in [0.1, 0.15) is 17.2 Å². The second-order valence-corrected chi connectivity index (χ2v) is 3.08. The Morgan fingerprint density at radius 3 is 2.40 bits per heavy atom. The summed E-state index contributed by atoms with van der Waals surface area (Å²) in [4.78, 5) is 0. The van der Waals surface area contributed by atoms with Crippen LogP contribution in [0.15, 0.2) is 18.2 Å². The van der Waals surface area contributed by atoms with Gasteiger partial charge in [-0.25, -0.2) is 0 Å². The summed E-state index contributed by atoms with van der Waals surface area (Å²) in [5.41, 5.74) is 9.58. The SMILES string of the molecule is NC[C@@H](N)c1cccc(C(F)(F)F)c1O. The number of phenols is 1. The van der Waals surface area contributed by atoms with Gasteiger partial charge in [-0.1, -0.05) is 12.1 Å². The van der Waals surface area contributed by atoms with Crippen molar-refractivity contribution in [3.8, 4) is 5.75 Å². The molecule has 1 aromatic carbocycles. The number of halogens is 3. The maximum Gasteiger partial charge on any atom is 0.419 e. The third-order valence-electron chi connectivity index (χ3n) is 2.03. The lowest BCUT2D eigenvalue weighted by atomic mass is 10.0. The second-order valence-electron chi connectivity index (χ2n) is 3.08. The van der Waals surface area contributed by atoms with Crippen LogP contribution in [0.4, 0.5) is 13.2 Å². The van der Waals surface area contributed by atoms with Crippen molar-refractivity contribution in [3.05, 3.63) is 29.3 Å². The summed E-state index contributed by atoms with van der Waals surface area (Å²) in [7, 11) is 0. The van der Waals surface area contributed by atoms with E-state index in [-0.39, 0.29) is 12.1 Å².